The third kappa shape index (κ3) is 3.34. The summed E-state index contributed by atoms with van der Waals surface area (Å²) in [5.74, 6) is 0.636. The molecule has 4 heterocycles. The van der Waals surface area contributed by atoms with Gasteiger partial charge in [0.25, 0.3) is 5.56 Å². The number of hydrogen-bond donors (Lipinski definition) is 0. The van der Waals surface area contributed by atoms with Crippen molar-refractivity contribution in [1.29, 1.82) is 0 Å². The zero-order chi connectivity index (χ0) is 23.1. The Morgan fingerprint density at radius 2 is 1.59 bits per heavy atom. The van der Waals surface area contributed by atoms with Gasteiger partial charge in [-0.05, 0) is 30.7 Å². The Morgan fingerprint density at radius 1 is 0.853 bits per heavy atom. The predicted octanol–water partition coefficient (Wildman–Crippen LogP) is 4.52. The smallest absolute Gasteiger partial charge is 0.265 e. The number of benzene rings is 2. The van der Waals surface area contributed by atoms with E-state index >= 15 is 0 Å². The van der Waals surface area contributed by atoms with Crippen LogP contribution in [0, 0.1) is 6.92 Å². The fourth-order valence-corrected chi connectivity index (χ4v) is 4.24. The topological polar surface area (TPSA) is 78.0 Å². The minimum Gasteiger partial charge on any atom is -0.265 e. The van der Waals surface area contributed by atoms with E-state index in [-0.39, 0.29) is 5.56 Å². The van der Waals surface area contributed by atoms with Crippen molar-refractivity contribution in [2.24, 2.45) is 0 Å². The molecule has 0 aliphatic rings. The van der Waals surface area contributed by atoms with Gasteiger partial charge in [-0.25, -0.2) is 14.2 Å². The summed E-state index contributed by atoms with van der Waals surface area (Å²) in [6, 6.07) is 25.6. The largest absolute Gasteiger partial charge is 0.293 e. The van der Waals surface area contributed by atoms with Gasteiger partial charge in [0, 0.05) is 23.5 Å². The van der Waals surface area contributed by atoms with Gasteiger partial charge in [0.2, 0.25) is 0 Å². The minimum atomic E-state index is -0.237. The SMILES string of the molecule is Cc1nc2c(=O)n(Cc3ccccc3)nc(-c3cccnc3)c2c2cc(-c3ccccc3)nn12. The fourth-order valence-electron chi connectivity index (χ4n) is 4.24. The molecule has 7 nitrogen and oxygen atoms in total. The van der Waals surface area contributed by atoms with Crippen LogP contribution in [0.2, 0.25) is 0 Å². The minimum absolute atomic E-state index is 0.237. The summed E-state index contributed by atoms with van der Waals surface area (Å²) < 4.78 is 3.27. The summed E-state index contributed by atoms with van der Waals surface area (Å²) in [4.78, 5) is 22.6. The van der Waals surface area contributed by atoms with E-state index in [9.17, 15) is 4.79 Å². The fraction of sp³-hybridized carbons (Fsp3) is 0.0741. The number of pyridine rings is 1. The van der Waals surface area contributed by atoms with E-state index in [0.29, 0.717) is 29.0 Å². The summed E-state index contributed by atoms with van der Waals surface area (Å²) in [5.41, 5.74) is 5.17. The summed E-state index contributed by atoms with van der Waals surface area (Å²) in [7, 11) is 0. The van der Waals surface area contributed by atoms with Gasteiger partial charge >= 0.3 is 0 Å². The van der Waals surface area contributed by atoms with Crippen LogP contribution in [0.5, 0.6) is 0 Å². The molecule has 6 rings (SSSR count). The van der Waals surface area contributed by atoms with Gasteiger partial charge in [-0.3, -0.25) is 9.78 Å². The normalized spacial score (nSPS) is 11.3. The summed E-state index contributed by atoms with van der Waals surface area (Å²) in [6.07, 6.45) is 3.47. The molecule has 0 saturated carbocycles. The van der Waals surface area contributed by atoms with Gasteiger partial charge in [-0.1, -0.05) is 60.7 Å². The van der Waals surface area contributed by atoms with E-state index < -0.39 is 0 Å². The van der Waals surface area contributed by atoms with Crippen LogP contribution in [0.15, 0.2) is 96.1 Å². The lowest BCUT2D eigenvalue weighted by Gasteiger charge is -2.12. The Labute approximate surface area is 195 Å². The highest BCUT2D eigenvalue weighted by atomic mass is 16.1. The molecule has 0 fully saturated rings. The third-order valence-electron chi connectivity index (χ3n) is 5.86. The van der Waals surface area contributed by atoms with Crippen LogP contribution in [-0.2, 0) is 6.54 Å². The Kier molecular flexibility index (Phi) is 4.73. The van der Waals surface area contributed by atoms with Crippen molar-refractivity contribution in [3.8, 4) is 22.5 Å². The van der Waals surface area contributed by atoms with E-state index in [1.807, 2.05) is 85.8 Å². The highest BCUT2D eigenvalue weighted by molar-refractivity contribution is 6.03. The van der Waals surface area contributed by atoms with Crippen molar-refractivity contribution in [3.05, 3.63) is 113 Å². The quantitative estimate of drug-likeness (QED) is 0.399. The first-order valence-corrected chi connectivity index (χ1v) is 11.0. The number of aryl methyl sites for hydroxylation is 1. The molecule has 0 bridgehead atoms. The Morgan fingerprint density at radius 3 is 2.32 bits per heavy atom. The molecule has 4 aromatic heterocycles. The maximum absolute atomic E-state index is 13.6. The van der Waals surface area contributed by atoms with Gasteiger partial charge in [-0.2, -0.15) is 10.2 Å². The molecule has 34 heavy (non-hydrogen) atoms. The number of hydrogen-bond acceptors (Lipinski definition) is 5. The molecule has 2 aromatic carbocycles. The predicted molar refractivity (Wildman–Crippen MR) is 131 cm³/mol. The molecule has 164 valence electrons. The molecule has 0 aliphatic heterocycles. The molecular formula is C27H20N6O. The van der Waals surface area contributed by atoms with Crippen molar-refractivity contribution >= 4 is 16.4 Å². The zero-order valence-corrected chi connectivity index (χ0v) is 18.5. The molecule has 0 atom stereocenters. The Bertz CT molecular complexity index is 1690. The number of rotatable bonds is 4. The third-order valence-corrected chi connectivity index (χ3v) is 5.86. The maximum Gasteiger partial charge on any atom is 0.293 e. The molecule has 7 heteroatoms. The van der Waals surface area contributed by atoms with Gasteiger partial charge in [0.15, 0.2) is 0 Å². The van der Waals surface area contributed by atoms with Crippen molar-refractivity contribution in [2.75, 3.05) is 0 Å². The second kappa shape index (κ2) is 8.04. The van der Waals surface area contributed by atoms with Crippen molar-refractivity contribution in [1.82, 2.24) is 29.4 Å². The molecule has 0 spiro atoms. The van der Waals surface area contributed by atoms with Crippen LogP contribution < -0.4 is 5.56 Å². The molecule has 0 amide bonds. The van der Waals surface area contributed by atoms with E-state index in [0.717, 1.165) is 27.9 Å². The van der Waals surface area contributed by atoms with Gasteiger partial charge in [-0.15, -0.1) is 0 Å². The summed E-state index contributed by atoms with van der Waals surface area (Å²) in [6.45, 7) is 2.21. The van der Waals surface area contributed by atoms with E-state index in [1.165, 1.54) is 4.68 Å². The average molecular weight is 444 g/mol. The van der Waals surface area contributed by atoms with Gasteiger partial charge < -0.3 is 0 Å². The standard InChI is InChI=1S/C27H20N6O/c1-18-29-26-24(23-15-22(30-33(18)23)20-11-6-3-7-12-20)25(21-13-8-14-28-16-21)31-32(27(26)34)17-19-9-4-2-5-10-19/h2-16H,17H2,1H3. The molecule has 0 saturated heterocycles. The van der Waals surface area contributed by atoms with Crippen molar-refractivity contribution < 1.29 is 0 Å². The van der Waals surface area contributed by atoms with Crippen molar-refractivity contribution in [3.63, 3.8) is 0 Å². The van der Waals surface area contributed by atoms with Gasteiger partial charge in [0.1, 0.15) is 17.0 Å². The lowest BCUT2D eigenvalue weighted by molar-refractivity contribution is 0.648. The van der Waals surface area contributed by atoms with E-state index in [2.05, 4.69) is 4.98 Å². The monoisotopic (exact) mass is 444 g/mol. The number of aromatic nitrogens is 6. The van der Waals surface area contributed by atoms with Crippen LogP contribution in [-0.4, -0.2) is 29.4 Å². The molecule has 0 radical (unpaired) electrons. The van der Waals surface area contributed by atoms with Crippen LogP contribution in [0.3, 0.4) is 0 Å². The molecular weight excluding hydrogens is 424 g/mol. The Hall–Kier alpha value is -4.65. The van der Waals surface area contributed by atoms with E-state index in [1.54, 1.807) is 16.9 Å². The molecule has 0 aliphatic carbocycles. The van der Waals surface area contributed by atoms with E-state index in [4.69, 9.17) is 15.2 Å². The van der Waals surface area contributed by atoms with Crippen LogP contribution in [0.4, 0.5) is 0 Å². The van der Waals surface area contributed by atoms with Crippen LogP contribution in [0.1, 0.15) is 11.4 Å². The molecule has 0 unspecified atom stereocenters. The highest BCUT2D eigenvalue weighted by Gasteiger charge is 2.20. The lowest BCUT2D eigenvalue weighted by atomic mass is 10.1. The first kappa shape index (κ1) is 20.0. The highest BCUT2D eigenvalue weighted by Crippen LogP contribution is 2.30. The number of nitrogens with zero attached hydrogens (tertiary/aromatic N) is 6. The molecule has 0 N–H and O–H groups in total. The number of fused-ring (bicyclic) bond motifs is 3. The van der Waals surface area contributed by atoms with Crippen LogP contribution in [0.25, 0.3) is 38.9 Å². The first-order valence-electron chi connectivity index (χ1n) is 11.0. The first-order chi connectivity index (χ1) is 16.7. The van der Waals surface area contributed by atoms with Gasteiger partial charge in [0.05, 0.1) is 23.1 Å². The second-order valence-corrected chi connectivity index (χ2v) is 8.11. The molecule has 6 aromatic rings. The lowest BCUT2D eigenvalue weighted by Crippen LogP contribution is -2.26. The Balaban J connectivity index is 1.68. The van der Waals surface area contributed by atoms with Crippen molar-refractivity contribution in [2.45, 2.75) is 13.5 Å². The summed E-state index contributed by atoms with van der Waals surface area (Å²) in [5, 5.41) is 10.3. The summed E-state index contributed by atoms with van der Waals surface area (Å²) >= 11 is 0. The zero-order valence-electron chi connectivity index (χ0n) is 18.5. The maximum atomic E-state index is 13.6. The second-order valence-electron chi connectivity index (χ2n) is 8.11. The van der Waals surface area contributed by atoms with Crippen LogP contribution >= 0.6 is 0 Å². The average Bonchev–Trinajstić information content (AvgIpc) is 3.34.